The van der Waals surface area contributed by atoms with Crippen molar-refractivity contribution in [3.63, 3.8) is 0 Å². The van der Waals surface area contributed by atoms with Gasteiger partial charge in [0, 0.05) is 32.2 Å². The highest BCUT2D eigenvalue weighted by atomic mass is 35.5. The number of nitrogens with zero attached hydrogens (tertiary/aromatic N) is 1. The van der Waals surface area contributed by atoms with Crippen LogP contribution in [0.25, 0.3) is 0 Å². The molecule has 0 saturated heterocycles. The summed E-state index contributed by atoms with van der Waals surface area (Å²) in [4.78, 5) is 28.2. The molecule has 0 unspecified atom stereocenters. The number of hydrogen-bond acceptors (Lipinski definition) is 5. The minimum atomic E-state index is -1.54. The summed E-state index contributed by atoms with van der Waals surface area (Å²) in [5.74, 6) is -1.54. The molecular weight excluding hydrogens is 553 g/mol. The van der Waals surface area contributed by atoms with Crippen molar-refractivity contribution in [3.8, 4) is 0 Å². The number of rotatable bonds is 10. The summed E-state index contributed by atoms with van der Waals surface area (Å²) in [6.07, 6.45) is 1.15. The second kappa shape index (κ2) is 10.5. The summed E-state index contributed by atoms with van der Waals surface area (Å²) < 4.78 is 6.80. The molecule has 1 saturated carbocycles. The maximum absolute atomic E-state index is 14.5. The summed E-state index contributed by atoms with van der Waals surface area (Å²) >= 11 is 12.4. The highest BCUT2D eigenvalue weighted by Crippen LogP contribution is 2.54. The van der Waals surface area contributed by atoms with Crippen LogP contribution < -0.4 is 0 Å². The molecule has 0 aromatic heterocycles. The number of hydrogen-bond donors (Lipinski definition) is 3. The fourth-order valence-corrected chi connectivity index (χ4v) is 5.60. The van der Waals surface area contributed by atoms with E-state index in [9.17, 15) is 24.9 Å². The lowest BCUT2D eigenvalue weighted by atomic mass is 9.88. The Balaban J connectivity index is 1.79. The van der Waals surface area contributed by atoms with Crippen molar-refractivity contribution in [2.75, 3.05) is 13.2 Å². The number of halogens is 2. The average molecular weight is 584 g/mol. The molecule has 3 aromatic rings. The van der Waals surface area contributed by atoms with Gasteiger partial charge in [0.15, 0.2) is 5.72 Å². The number of ether oxygens (including phenoxy) is 1. The van der Waals surface area contributed by atoms with Crippen LogP contribution in [0, 0.1) is 5.41 Å². The molecule has 0 bridgehead atoms. The molecule has 7 nitrogen and oxygen atoms in total. The Morgan fingerprint density at radius 3 is 2.15 bits per heavy atom. The Bertz CT molecular complexity index is 1430. The maximum Gasteiger partial charge on any atom is 0.305 e. The zero-order valence-electron chi connectivity index (χ0n) is 22.2. The second-order valence-electron chi connectivity index (χ2n) is 11.3. The van der Waals surface area contributed by atoms with E-state index in [1.54, 1.807) is 80.6 Å². The summed E-state index contributed by atoms with van der Waals surface area (Å²) in [5.41, 5.74) is -0.705. The molecule has 2 aliphatic rings. The maximum atomic E-state index is 14.5. The minimum absolute atomic E-state index is 0.0715. The van der Waals surface area contributed by atoms with Gasteiger partial charge in [0.2, 0.25) is 0 Å². The van der Waals surface area contributed by atoms with E-state index < -0.39 is 41.1 Å². The number of aliphatic hydroxyl groups excluding tert-OH is 1. The fourth-order valence-electron chi connectivity index (χ4n) is 5.35. The predicted molar refractivity (Wildman–Crippen MR) is 151 cm³/mol. The van der Waals surface area contributed by atoms with Crippen LogP contribution in [0.3, 0.4) is 0 Å². The van der Waals surface area contributed by atoms with Crippen LogP contribution in [0.2, 0.25) is 10.0 Å². The zero-order chi connectivity index (χ0) is 28.9. The lowest BCUT2D eigenvalue weighted by Gasteiger charge is -2.44. The molecule has 210 valence electrons. The van der Waals surface area contributed by atoms with Crippen LogP contribution >= 0.6 is 23.2 Å². The monoisotopic (exact) mass is 583 g/mol. The van der Waals surface area contributed by atoms with E-state index in [0.717, 1.165) is 12.8 Å². The Hall–Kier alpha value is -2.94. The van der Waals surface area contributed by atoms with Crippen molar-refractivity contribution < 1.29 is 29.6 Å². The number of carbonyl (C=O) groups excluding carboxylic acids is 1. The predicted octanol–water partition coefficient (Wildman–Crippen LogP) is 5.88. The van der Waals surface area contributed by atoms with Crippen molar-refractivity contribution in [3.05, 3.63) is 105 Å². The SMILES string of the molecule is CC(C)(O)c1ccc2c(c1)C(=O)N([C@H](CC(=O)O)c1ccc(Cl)cc1)[C@@]2(OCC1(CO)CC1)c1ccc(Cl)cc1. The van der Waals surface area contributed by atoms with E-state index in [4.69, 9.17) is 27.9 Å². The number of fused-ring (bicyclic) bond motifs is 1. The lowest BCUT2D eigenvalue weighted by molar-refractivity contribution is -0.150. The normalized spacial score (nSPS) is 20.4. The molecule has 1 amide bonds. The second-order valence-corrected chi connectivity index (χ2v) is 12.1. The van der Waals surface area contributed by atoms with Crippen molar-refractivity contribution in [1.82, 2.24) is 4.90 Å². The van der Waals surface area contributed by atoms with Crippen molar-refractivity contribution in [2.45, 2.75) is 50.5 Å². The van der Waals surface area contributed by atoms with Gasteiger partial charge in [-0.1, -0.05) is 59.6 Å². The molecule has 3 aromatic carbocycles. The number of aliphatic carboxylic acids is 1. The summed E-state index contributed by atoms with van der Waals surface area (Å²) in [6.45, 7) is 3.34. The Morgan fingerprint density at radius 1 is 1.02 bits per heavy atom. The fraction of sp³-hybridized carbons (Fsp3) is 0.355. The van der Waals surface area contributed by atoms with Gasteiger partial charge in [0.1, 0.15) is 0 Å². The van der Waals surface area contributed by atoms with Crippen LogP contribution in [0.4, 0.5) is 0 Å². The van der Waals surface area contributed by atoms with Crippen LogP contribution in [0.5, 0.6) is 0 Å². The standard InChI is InChI=1S/C31H31Cl2NO6/c1-29(2,39)21-7-12-25-24(15-21)28(38)34(26(16-27(36)37)19-3-8-22(32)9-4-19)31(25,20-5-10-23(33)11-6-20)40-18-30(17-35)13-14-30/h3-12,15,26,35,39H,13-14,16-18H2,1-2H3,(H,36,37)/t26-,31-/m1/s1. The van der Waals surface area contributed by atoms with Crippen molar-refractivity contribution in [2.24, 2.45) is 5.41 Å². The largest absolute Gasteiger partial charge is 0.481 e. The van der Waals surface area contributed by atoms with Crippen molar-refractivity contribution in [1.29, 1.82) is 0 Å². The zero-order valence-corrected chi connectivity index (χ0v) is 23.7. The molecule has 2 atom stereocenters. The van der Waals surface area contributed by atoms with Gasteiger partial charge in [-0.2, -0.15) is 0 Å². The van der Waals surface area contributed by atoms with E-state index >= 15 is 0 Å². The molecular formula is C31H31Cl2NO6. The first kappa shape index (κ1) is 28.6. The third-order valence-electron chi connectivity index (χ3n) is 7.93. The van der Waals surface area contributed by atoms with E-state index in [0.29, 0.717) is 37.9 Å². The molecule has 1 heterocycles. The molecule has 0 spiro atoms. The molecule has 40 heavy (non-hydrogen) atoms. The van der Waals surface area contributed by atoms with Crippen LogP contribution in [0.1, 0.15) is 71.8 Å². The summed E-state index contributed by atoms with van der Waals surface area (Å²) in [6, 6.07) is 17.8. The van der Waals surface area contributed by atoms with Gasteiger partial charge in [-0.05, 0) is 68.1 Å². The molecule has 5 rings (SSSR count). The van der Waals surface area contributed by atoms with E-state index in [2.05, 4.69) is 0 Å². The lowest BCUT2D eigenvalue weighted by Crippen LogP contribution is -2.50. The highest BCUT2D eigenvalue weighted by Gasteiger charge is 2.57. The number of benzene rings is 3. The molecule has 1 aliphatic carbocycles. The number of aliphatic hydroxyl groups is 2. The molecule has 3 N–H and O–H groups in total. The van der Waals surface area contributed by atoms with Crippen molar-refractivity contribution >= 4 is 35.1 Å². The first-order chi connectivity index (χ1) is 18.9. The molecule has 1 fully saturated rings. The van der Waals surface area contributed by atoms with Crippen LogP contribution in [0.15, 0.2) is 66.7 Å². The first-order valence-corrected chi connectivity index (χ1v) is 13.8. The van der Waals surface area contributed by atoms with Crippen LogP contribution in [-0.4, -0.2) is 45.3 Å². The topological polar surface area (TPSA) is 107 Å². The first-order valence-electron chi connectivity index (χ1n) is 13.1. The van der Waals surface area contributed by atoms with Gasteiger partial charge in [0.25, 0.3) is 5.91 Å². The van der Waals surface area contributed by atoms with Gasteiger partial charge in [0.05, 0.1) is 31.3 Å². The van der Waals surface area contributed by atoms with Gasteiger partial charge in [-0.3, -0.25) is 14.5 Å². The number of carboxylic acids is 1. The Morgan fingerprint density at radius 2 is 1.62 bits per heavy atom. The third kappa shape index (κ3) is 5.13. The Kier molecular flexibility index (Phi) is 7.48. The molecule has 1 aliphatic heterocycles. The number of carboxylic acid groups (broad SMARTS) is 1. The quantitative estimate of drug-likeness (QED) is 0.275. The van der Waals surface area contributed by atoms with Gasteiger partial charge >= 0.3 is 5.97 Å². The summed E-state index contributed by atoms with van der Waals surface area (Å²) in [5, 5.41) is 31.8. The highest BCUT2D eigenvalue weighted by molar-refractivity contribution is 6.30. The Labute approximate surface area is 242 Å². The van der Waals surface area contributed by atoms with Gasteiger partial charge in [-0.25, -0.2) is 0 Å². The molecule has 0 radical (unpaired) electrons. The van der Waals surface area contributed by atoms with Gasteiger partial charge < -0.3 is 20.1 Å². The third-order valence-corrected chi connectivity index (χ3v) is 8.43. The van der Waals surface area contributed by atoms with E-state index in [-0.39, 0.29) is 13.2 Å². The van der Waals surface area contributed by atoms with Crippen LogP contribution in [-0.2, 0) is 20.9 Å². The number of amides is 1. The smallest absolute Gasteiger partial charge is 0.305 e. The van der Waals surface area contributed by atoms with E-state index in [1.165, 1.54) is 4.90 Å². The van der Waals surface area contributed by atoms with E-state index in [1.807, 2.05) is 0 Å². The number of carbonyl (C=O) groups is 2. The molecule has 9 heteroatoms. The van der Waals surface area contributed by atoms with Gasteiger partial charge in [-0.15, -0.1) is 0 Å². The minimum Gasteiger partial charge on any atom is -0.481 e. The average Bonchev–Trinajstić information content (AvgIpc) is 3.66. The summed E-state index contributed by atoms with van der Waals surface area (Å²) in [7, 11) is 0.